The lowest BCUT2D eigenvalue weighted by Gasteiger charge is -2.58. The Morgan fingerprint density at radius 3 is 2.46 bits per heavy atom. The van der Waals surface area contributed by atoms with E-state index in [2.05, 4.69) is 6.92 Å². The molecular weight excluding hydrogens is 360 g/mol. The summed E-state index contributed by atoms with van der Waals surface area (Å²) in [7, 11) is 0. The maximum Gasteiger partial charge on any atom is 0.314 e. The minimum atomic E-state index is -1.42. The SMILES string of the molecule is CC(=O)OC1(O)CC[C@H]2[C@@H]3CCC4=CC(=O)C(C(=O)O)C[C@]4(C)[C@@H]3CC[C@@]21C. The highest BCUT2D eigenvalue weighted by atomic mass is 16.7. The summed E-state index contributed by atoms with van der Waals surface area (Å²) in [5.41, 5.74) is 0.338. The van der Waals surface area contributed by atoms with Crippen LogP contribution in [-0.2, 0) is 19.1 Å². The first-order valence-corrected chi connectivity index (χ1v) is 10.4. The lowest BCUT2D eigenvalue weighted by Crippen LogP contribution is -2.56. The molecule has 154 valence electrons. The van der Waals surface area contributed by atoms with E-state index in [-0.39, 0.29) is 17.1 Å². The highest BCUT2D eigenvalue weighted by Crippen LogP contribution is 2.67. The van der Waals surface area contributed by atoms with E-state index in [0.29, 0.717) is 24.7 Å². The minimum absolute atomic E-state index is 0.231. The largest absolute Gasteiger partial charge is 0.481 e. The van der Waals surface area contributed by atoms with Crippen molar-refractivity contribution in [2.45, 2.75) is 71.5 Å². The standard InChI is InChI=1S/C22H30O6/c1-12(23)28-22(27)9-7-17-14-5-4-13-10-18(24)15(19(25)26)11-20(13,2)16(14)6-8-21(17,22)3/h10,14-17,27H,4-9,11H2,1-3H3,(H,25,26)/t14-,15?,16-,17+,20+,21+,22?/m1/s1. The smallest absolute Gasteiger partial charge is 0.314 e. The summed E-state index contributed by atoms with van der Waals surface area (Å²) >= 11 is 0. The molecule has 0 amide bonds. The van der Waals surface area contributed by atoms with Gasteiger partial charge in [0.1, 0.15) is 5.92 Å². The number of carbonyl (C=O) groups excluding carboxylic acids is 2. The van der Waals surface area contributed by atoms with Crippen molar-refractivity contribution in [1.82, 2.24) is 0 Å². The number of hydrogen-bond acceptors (Lipinski definition) is 5. The Kier molecular flexibility index (Phi) is 4.31. The first-order chi connectivity index (χ1) is 13.0. The van der Waals surface area contributed by atoms with Crippen molar-refractivity contribution < 1.29 is 29.3 Å². The highest BCUT2D eigenvalue weighted by Gasteiger charge is 2.66. The van der Waals surface area contributed by atoms with Crippen LogP contribution in [0.15, 0.2) is 11.6 Å². The highest BCUT2D eigenvalue weighted by molar-refractivity contribution is 6.05. The third kappa shape index (κ3) is 2.53. The van der Waals surface area contributed by atoms with Crippen molar-refractivity contribution >= 4 is 17.7 Å². The van der Waals surface area contributed by atoms with E-state index in [1.807, 2.05) is 6.92 Å². The molecule has 0 aromatic rings. The number of carboxylic acids is 1. The second-order valence-corrected chi connectivity index (χ2v) is 9.87. The molecule has 3 saturated carbocycles. The second kappa shape index (κ2) is 6.15. The van der Waals surface area contributed by atoms with Gasteiger partial charge in [0.2, 0.25) is 5.79 Å². The molecule has 6 nitrogen and oxygen atoms in total. The van der Waals surface area contributed by atoms with Gasteiger partial charge in [0, 0.05) is 18.8 Å². The number of aliphatic hydroxyl groups is 1. The molecule has 6 heteroatoms. The van der Waals surface area contributed by atoms with Gasteiger partial charge in [-0.25, -0.2) is 0 Å². The van der Waals surface area contributed by atoms with Crippen LogP contribution in [-0.4, -0.2) is 33.7 Å². The summed E-state index contributed by atoms with van der Waals surface area (Å²) in [6, 6.07) is 0. The predicted octanol–water partition coefficient (Wildman–Crippen LogP) is 3.08. The number of carboxylic acid groups (broad SMARTS) is 1. The number of carbonyl (C=O) groups is 3. The summed E-state index contributed by atoms with van der Waals surface area (Å²) < 4.78 is 5.43. The number of fused-ring (bicyclic) bond motifs is 5. The van der Waals surface area contributed by atoms with Crippen molar-refractivity contribution in [1.29, 1.82) is 0 Å². The Hall–Kier alpha value is -1.69. The van der Waals surface area contributed by atoms with Gasteiger partial charge in [0.05, 0.1) is 0 Å². The number of allylic oxidation sites excluding steroid dienone is 1. The number of rotatable bonds is 2. The van der Waals surface area contributed by atoms with Gasteiger partial charge in [0.15, 0.2) is 5.78 Å². The normalized spacial score (nSPS) is 47.4. The average Bonchev–Trinajstić information content (AvgIpc) is 2.85. The van der Waals surface area contributed by atoms with E-state index in [4.69, 9.17) is 4.74 Å². The fraction of sp³-hybridized carbons (Fsp3) is 0.773. The van der Waals surface area contributed by atoms with E-state index < -0.39 is 29.1 Å². The summed E-state index contributed by atoms with van der Waals surface area (Å²) in [6.07, 6.45) is 6.54. The fourth-order valence-electron chi connectivity index (χ4n) is 7.23. The second-order valence-electron chi connectivity index (χ2n) is 9.87. The summed E-state index contributed by atoms with van der Waals surface area (Å²) in [6.45, 7) is 5.51. The van der Waals surface area contributed by atoms with E-state index in [1.165, 1.54) is 6.92 Å². The van der Waals surface area contributed by atoms with Crippen molar-refractivity contribution in [3.8, 4) is 0 Å². The van der Waals surface area contributed by atoms with Crippen molar-refractivity contribution in [3.63, 3.8) is 0 Å². The molecule has 7 atom stereocenters. The molecule has 0 aliphatic heterocycles. The van der Waals surface area contributed by atoms with Gasteiger partial charge in [-0.3, -0.25) is 14.4 Å². The molecule has 4 aliphatic carbocycles. The third-order valence-corrected chi connectivity index (χ3v) is 8.71. The quantitative estimate of drug-likeness (QED) is 0.427. The lowest BCUT2D eigenvalue weighted by atomic mass is 9.46. The molecule has 0 saturated heterocycles. The molecule has 2 unspecified atom stereocenters. The molecule has 2 N–H and O–H groups in total. The fourth-order valence-corrected chi connectivity index (χ4v) is 7.23. The molecular formula is C22H30O6. The molecule has 0 heterocycles. The molecule has 0 spiro atoms. The Bertz CT molecular complexity index is 771. The van der Waals surface area contributed by atoms with Gasteiger partial charge >= 0.3 is 11.9 Å². The lowest BCUT2D eigenvalue weighted by molar-refractivity contribution is -0.263. The molecule has 0 aromatic carbocycles. The van der Waals surface area contributed by atoms with Gasteiger partial charge < -0.3 is 14.9 Å². The van der Waals surface area contributed by atoms with Crippen LogP contribution in [0.4, 0.5) is 0 Å². The Labute approximate surface area is 165 Å². The maximum atomic E-state index is 12.3. The van der Waals surface area contributed by atoms with E-state index in [0.717, 1.165) is 37.7 Å². The maximum absolute atomic E-state index is 12.3. The first kappa shape index (κ1) is 19.6. The minimum Gasteiger partial charge on any atom is -0.481 e. The van der Waals surface area contributed by atoms with Gasteiger partial charge in [-0.05, 0) is 67.8 Å². The van der Waals surface area contributed by atoms with Crippen LogP contribution in [0, 0.1) is 34.5 Å². The van der Waals surface area contributed by atoms with Crippen LogP contribution in [0.2, 0.25) is 0 Å². The molecule has 4 aliphatic rings. The van der Waals surface area contributed by atoms with Crippen molar-refractivity contribution in [3.05, 3.63) is 11.6 Å². The zero-order valence-electron chi connectivity index (χ0n) is 16.9. The monoisotopic (exact) mass is 390 g/mol. The Morgan fingerprint density at radius 2 is 1.82 bits per heavy atom. The molecule has 28 heavy (non-hydrogen) atoms. The zero-order valence-corrected chi connectivity index (χ0v) is 16.9. The van der Waals surface area contributed by atoms with Crippen molar-refractivity contribution in [2.75, 3.05) is 0 Å². The van der Waals surface area contributed by atoms with Crippen LogP contribution in [0.25, 0.3) is 0 Å². The molecule has 4 rings (SSSR count). The van der Waals surface area contributed by atoms with Gasteiger partial charge in [0.25, 0.3) is 0 Å². The zero-order chi connectivity index (χ0) is 20.5. The predicted molar refractivity (Wildman–Crippen MR) is 99.9 cm³/mol. The molecule has 0 radical (unpaired) electrons. The number of esters is 1. The number of hydrogen-bond donors (Lipinski definition) is 2. The topological polar surface area (TPSA) is 101 Å². The van der Waals surface area contributed by atoms with E-state index >= 15 is 0 Å². The van der Waals surface area contributed by atoms with Crippen LogP contribution in [0.5, 0.6) is 0 Å². The summed E-state index contributed by atoms with van der Waals surface area (Å²) in [5, 5.41) is 20.7. The van der Waals surface area contributed by atoms with E-state index in [1.54, 1.807) is 6.08 Å². The summed E-state index contributed by atoms with van der Waals surface area (Å²) in [4.78, 5) is 35.5. The van der Waals surface area contributed by atoms with Gasteiger partial charge in [-0.1, -0.05) is 19.4 Å². The van der Waals surface area contributed by atoms with Crippen LogP contribution in [0.1, 0.15) is 65.7 Å². The van der Waals surface area contributed by atoms with Crippen molar-refractivity contribution in [2.24, 2.45) is 34.5 Å². The molecule has 3 fully saturated rings. The number of aliphatic carboxylic acids is 1. The Morgan fingerprint density at radius 1 is 1.14 bits per heavy atom. The summed E-state index contributed by atoms with van der Waals surface area (Å²) in [5.74, 6) is -3.27. The number of ether oxygens (including phenoxy) is 1. The van der Waals surface area contributed by atoms with Gasteiger partial charge in [-0.15, -0.1) is 0 Å². The molecule has 0 bridgehead atoms. The molecule has 0 aromatic heterocycles. The van der Waals surface area contributed by atoms with Crippen LogP contribution >= 0.6 is 0 Å². The first-order valence-electron chi connectivity index (χ1n) is 10.4. The third-order valence-electron chi connectivity index (χ3n) is 8.71. The van der Waals surface area contributed by atoms with Crippen LogP contribution in [0.3, 0.4) is 0 Å². The van der Waals surface area contributed by atoms with Gasteiger partial charge in [-0.2, -0.15) is 0 Å². The number of ketones is 1. The average molecular weight is 390 g/mol. The Balaban J connectivity index is 1.67. The van der Waals surface area contributed by atoms with E-state index in [9.17, 15) is 24.6 Å². The van der Waals surface area contributed by atoms with Crippen LogP contribution < -0.4 is 0 Å².